The van der Waals surface area contributed by atoms with Crippen molar-refractivity contribution in [2.24, 2.45) is 0 Å². The van der Waals surface area contributed by atoms with Gasteiger partial charge < -0.3 is 15.7 Å². The molecule has 2 amide bonds. The Hall–Kier alpha value is -4.57. The molecule has 4 aromatic carbocycles. The van der Waals surface area contributed by atoms with E-state index in [1.807, 2.05) is 60.7 Å². The second-order valence-electron chi connectivity index (χ2n) is 9.02. The zero-order valence-electron chi connectivity index (χ0n) is 21.5. The van der Waals surface area contributed by atoms with Crippen LogP contribution in [0, 0.1) is 0 Å². The number of rotatable bonds is 10. The van der Waals surface area contributed by atoms with Crippen molar-refractivity contribution in [3.05, 3.63) is 125 Å². The summed E-state index contributed by atoms with van der Waals surface area (Å²) in [5.41, 5.74) is 0.281. The zero-order valence-corrected chi connectivity index (χ0v) is 22.3. The van der Waals surface area contributed by atoms with Crippen LogP contribution in [0.3, 0.4) is 0 Å². The lowest BCUT2D eigenvalue weighted by molar-refractivity contribution is -0.140. The predicted molar refractivity (Wildman–Crippen MR) is 153 cm³/mol. The number of carbonyl (C=O) groups excluding carboxylic acids is 2. The zero-order chi connectivity index (χ0) is 29.4. The summed E-state index contributed by atoms with van der Waals surface area (Å²) >= 11 is 1.32. The number of benzene rings is 4. The largest absolute Gasteiger partial charge is 0.480 e. The molecular weight excluding hydrogens is 553 g/mol. The minimum absolute atomic E-state index is 0.0599. The number of carbonyl (C=O) groups is 3. The van der Waals surface area contributed by atoms with E-state index in [0.717, 1.165) is 40.6 Å². The Morgan fingerprint density at radius 2 is 1.51 bits per heavy atom. The number of nitrogens with one attached hydrogen (secondary N) is 2. The Balaban J connectivity index is 1.59. The molecule has 0 heterocycles. The summed E-state index contributed by atoms with van der Waals surface area (Å²) in [6, 6.07) is 24.4. The Morgan fingerprint density at radius 1 is 0.854 bits per heavy atom. The summed E-state index contributed by atoms with van der Waals surface area (Å²) in [7, 11) is 0. The van der Waals surface area contributed by atoms with Gasteiger partial charge in [0.05, 0.1) is 5.56 Å². The van der Waals surface area contributed by atoms with Gasteiger partial charge in [0.25, 0.3) is 11.8 Å². The Labute approximate surface area is 238 Å². The first-order valence-electron chi connectivity index (χ1n) is 12.5. The van der Waals surface area contributed by atoms with Gasteiger partial charge in [0.1, 0.15) is 11.7 Å². The molecule has 0 fully saturated rings. The van der Waals surface area contributed by atoms with E-state index in [1.165, 1.54) is 17.8 Å². The Kier molecular flexibility index (Phi) is 9.46. The molecule has 0 saturated carbocycles. The van der Waals surface area contributed by atoms with Crippen molar-refractivity contribution in [2.75, 3.05) is 5.75 Å². The normalized spacial score (nSPS) is 12.5. The van der Waals surface area contributed by atoms with E-state index >= 15 is 0 Å². The van der Waals surface area contributed by atoms with Crippen LogP contribution in [0.5, 0.6) is 0 Å². The summed E-state index contributed by atoms with van der Waals surface area (Å²) in [4.78, 5) is 38.3. The van der Waals surface area contributed by atoms with Crippen LogP contribution in [-0.2, 0) is 21.5 Å². The monoisotopic (exact) mass is 578 g/mol. The van der Waals surface area contributed by atoms with Gasteiger partial charge in [-0.25, -0.2) is 4.79 Å². The van der Waals surface area contributed by atoms with E-state index in [2.05, 4.69) is 10.6 Å². The molecule has 4 rings (SSSR count). The fourth-order valence-electron chi connectivity index (χ4n) is 3.97. The molecule has 0 aliphatic heterocycles. The number of halogens is 3. The van der Waals surface area contributed by atoms with Gasteiger partial charge in [-0.3, -0.25) is 9.59 Å². The van der Waals surface area contributed by atoms with E-state index in [9.17, 15) is 32.7 Å². The van der Waals surface area contributed by atoms with Crippen molar-refractivity contribution in [1.29, 1.82) is 0 Å². The van der Waals surface area contributed by atoms with Gasteiger partial charge in [0.15, 0.2) is 0 Å². The highest BCUT2D eigenvalue weighted by molar-refractivity contribution is 7.98. The highest BCUT2D eigenvalue weighted by Crippen LogP contribution is 2.29. The Bertz CT molecular complexity index is 1570. The summed E-state index contributed by atoms with van der Waals surface area (Å²) in [5, 5.41) is 16.3. The molecule has 0 bridgehead atoms. The molecule has 210 valence electrons. The molecule has 0 spiro atoms. The number of carboxylic acids is 1. The van der Waals surface area contributed by atoms with E-state index in [-0.39, 0.29) is 17.0 Å². The summed E-state index contributed by atoms with van der Waals surface area (Å²) in [6.45, 7) is 0. The van der Waals surface area contributed by atoms with Crippen LogP contribution in [0.2, 0.25) is 0 Å². The van der Waals surface area contributed by atoms with Crippen molar-refractivity contribution < 1.29 is 32.7 Å². The van der Waals surface area contributed by atoms with E-state index in [4.69, 9.17) is 0 Å². The van der Waals surface area contributed by atoms with Gasteiger partial charge in [0, 0.05) is 17.1 Å². The van der Waals surface area contributed by atoms with Crippen LogP contribution in [0.15, 0.2) is 103 Å². The van der Waals surface area contributed by atoms with Crippen molar-refractivity contribution in [3.8, 4) is 0 Å². The molecule has 0 aliphatic carbocycles. The molecule has 0 saturated heterocycles. The fraction of sp³-hybridized carbons (Fsp3) is 0.129. The van der Waals surface area contributed by atoms with Crippen LogP contribution >= 0.6 is 11.8 Å². The molecule has 3 N–H and O–H groups in total. The summed E-state index contributed by atoms with van der Waals surface area (Å²) < 4.78 is 38.9. The van der Waals surface area contributed by atoms with Crippen LogP contribution in [0.25, 0.3) is 16.8 Å². The Morgan fingerprint density at radius 3 is 2.20 bits per heavy atom. The standard InChI is InChI=1S/C31H25F3N2O4S/c32-31(33,34)24-15-13-22(14-16-24)28(37)35-26(17-23-11-6-10-21-9-4-5-12-25(21)23)29(38)36-27(30(39)40)19-41-18-20-7-2-1-3-8-20/h1-17,27H,18-19H2,(H,35,37)(H,36,38)(H,39,40). The SMILES string of the molecule is O=C(NC(CSCc1ccccc1)C(=O)O)C(=Cc1cccc2ccccc12)NC(=O)c1ccc(C(F)(F)F)cc1. The fourth-order valence-corrected chi connectivity index (χ4v) is 4.98. The minimum atomic E-state index is -4.57. The predicted octanol–water partition coefficient (Wildman–Crippen LogP) is 6.13. The second kappa shape index (κ2) is 13.2. The smallest absolute Gasteiger partial charge is 0.416 e. The number of alkyl halides is 3. The first kappa shape index (κ1) is 29.4. The number of aliphatic carboxylic acids is 1. The molecule has 4 aromatic rings. The van der Waals surface area contributed by atoms with E-state index in [0.29, 0.717) is 11.3 Å². The third-order valence-electron chi connectivity index (χ3n) is 6.09. The molecule has 0 radical (unpaired) electrons. The van der Waals surface area contributed by atoms with Crippen LogP contribution in [0.1, 0.15) is 27.0 Å². The number of thioether (sulfide) groups is 1. The quantitative estimate of drug-likeness (QED) is 0.197. The van der Waals surface area contributed by atoms with Crippen molar-refractivity contribution >= 4 is 46.4 Å². The summed E-state index contributed by atoms with van der Waals surface area (Å²) in [6.07, 6.45) is -3.16. The lowest BCUT2D eigenvalue weighted by atomic mass is 10.0. The van der Waals surface area contributed by atoms with Crippen LogP contribution in [-0.4, -0.2) is 34.7 Å². The second-order valence-corrected chi connectivity index (χ2v) is 10.1. The van der Waals surface area contributed by atoms with Crippen molar-refractivity contribution in [3.63, 3.8) is 0 Å². The average molecular weight is 579 g/mol. The maximum Gasteiger partial charge on any atom is 0.416 e. The maximum absolute atomic E-state index is 13.4. The molecule has 6 nitrogen and oxygen atoms in total. The molecule has 0 aromatic heterocycles. The molecule has 10 heteroatoms. The molecule has 1 unspecified atom stereocenters. The summed E-state index contributed by atoms with van der Waals surface area (Å²) in [5.74, 6) is -2.34. The first-order chi connectivity index (χ1) is 19.6. The molecule has 0 aliphatic rings. The third kappa shape index (κ3) is 7.98. The van der Waals surface area contributed by atoms with Gasteiger partial charge in [-0.2, -0.15) is 24.9 Å². The third-order valence-corrected chi connectivity index (χ3v) is 7.20. The number of hydrogen-bond donors (Lipinski definition) is 3. The molecule has 1 atom stereocenters. The van der Waals surface area contributed by atoms with Crippen LogP contribution < -0.4 is 10.6 Å². The van der Waals surface area contributed by atoms with Gasteiger partial charge in [-0.05, 0) is 52.2 Å². The highest BCUT2D eigenvalue weighted by Gasteiger charge is 2.30. The van der Waals surface area contributed by atoms with Gasteiger partial charge in [0.2, 0.25) is 0 Å². The molecule has 41 heavy (non-hydrogen) atoms. The van der Waals surface area contributed by atoms with E-state index < -0.39 is 35.6 Å². The average Bonchev–Trinajstić information content (AvgIpc) is 2.96. The number of amides is 2. The highest BCUT2D eigenvalue weighted by atomic mass is 32.2. The van der Waals surface area contributed by atoms with Gasteiger partial charge >= 0.3 is 12.1 Å². The number of fused-ring (bicyclic) bond motifs is 1. The molecular formula is C31H25F3N2O4S. The topological polar surface area (TPSA) is 95.5 Å². The number of carboxylic acid groups (broad SMARTS) is 1. The number of hydrogen-bond acceptors (Lipinski definition) is 4. The lowest BCUT2D eigenvalue weighted by Gasteiger charge is -2.17. The van der Waals surface area contributed by atoms with Crippen LogP contribution in [0.4, 0.5) is 13.2 Å². The minimum Gasteiger partial charge on any atom is -0.480 e. The van der Waals surface area contributed by atoms with Gasteiger partial charge in [-0.15, -0.1) is 0 Å². The maximum atomic E-state index is 13.4. The van der Waals surface area contributed by atoms with Crippen molar-refractivity contribution in [1.82, 2.24) is 10.6 Å². The lowest BCUT2D eigenvalue weighted by Crippen LogP contribution is -2.45. The first-order valence-corrected chi connectivity index (χ1v) is 13.6. The van der Waals surface area contributed by atoms with E-state index in [1.54, 1.807) is 12.1 Å². The van der Waals surface area contributed by atoms with Crippen molar-refractivity contribution in [2.45, 2.75) is 18.0 Å². The van der Waals surface area contributed by atoms with Gasteiger partial charge in [-0.1, -0.05) is 72.8 Å².